The van der Waals surface area contributed by atoms with Gasteiger partial charge in [-0.25, -0.2) is 8.78 Å². The molecule has 0 aromatic heterocycles. The zero-order valence-electron chi connectivity index (χ0n) is 7.80. The minimum atomic E-state index is -2.96. The van der Waals surface area contributed by atoms with Gasteiger partial charge in [0.1, 0.15) is 6.04 Å². The van der Waals surface area contributed by atoms with E-state index in [1.165, 1.54) is 0 Å². The quantitative estimate of drug-likeness (QED) is 0.681. The van der Waals surface area contributed by atoms with E-state index >= 15 is 0 Å². The van der Waals surface area contributed by atoms with Gasteiger partial charge >= 0.3 is 0 Å². The molecule has 0 fully saturated rings. The monoisotopic (exact) mass is 195 g/mol. The normalized spacial score (nSPS) is 12.9. The van der Waals surface area contributed by atoms with Crippen molar-refractivity contribution in [2.24, 2.45) is 5.73 Å². The Kier molecular flexibility index (Phi) is 3.21. The number of benzene rings is 1. The van der Waals surface area contributed by atoms with E-state index in [2.05, 4.69) is 11.8 Å². The van der Waals surface area contributed by atoms with Gasteiger partial charge in [-0.3, -0.25) is 0 Å². The maximum atomic E-state index is 12.6. The van der Waals surface area contributed by atoms with Crippen LogP contribution in [0, 0.1) is 11.8 Å². The number of hydrogen-bond acceptors (Lipinski definition) is 1. The average molecular weight is 195 g/mol. The largest absolute Gasteiger partial charge is 0.313 e. The van der Waals surface area contributed by atoms with E-state index < -0.39 is 12.0 Å². The first-order valence-electron chi connectivity index (χ1n) is 4.20. The fourth-order valence-electron chi connectivity index (χ4n) is 0.809. The van der Waals surface area contributed by atoms with Crippen molar-refractivity contribution in [2.75, 3.05) is 0 Å². The molecule has 0 amide bonds. The Morgan fingerprint density at radius 3 is 2.36 bits per heavy atom. The van der Waals surface area contributed by atoms with Gasteiger partial charge in [-0.1, -0.05) is 30.0 Å². The number of alkyl halides is 2. The Morgan fingerprint density at radius 1 is 1.29 bits per heavy atom. The molecule has 1 rings (SSSR count). The van der Waals surface area contributed by atoms with Gasteiger partial charge in [0.15, 0.2) is 0 Å². The highest BCUT2D eigenvalue weighted by atomic mass is 19.3. The molecule has 0 saturated heterocycles. The van der Waals surface area contributed by atoms with Gasteiger partial charge in [0.25, 0.3) is 5.92 Å². The second kappa shape index (κ2) is 4.21. The Labute approximate surface area is 81.9 Å². The molecule has 14 heavy (non-hydrogen) atoms. The van der Waals surface area contributed by atoms with Crippen molar-refractivity contribution >= 4 is 0 Å². The third-order valence-corrected chi connectivity index (χ3v) is 1.69. The first kappa shape index (κ1) is 10.7. The molecule has 3 heteroatoms. The maximum absolute atomic E-state index is 12.6. The third-order valence-electron chi connectivity index (χ3n) is 1.69. The number of nitrogens with two attached hydrogens (primary N) is 1. The van der Waals surface area contributed by atoms with Crippen LogP contribution in [0.1, 0.15) is 12.5 Å². The van der Waals surface area contributed by atoms with Crippen LogP contribution in [0.3, 0.4) is 0 Å². The smallest absolute Gasteiger partial charge is 0.271 e. The molecule has 0 aliphatic rings. The summed E-state index contributed by atoms with van der Waals surface area (Å²) in [6.07, 6.45) is 0. The standard InChI is InChI=1S/C11H11F2N/c1-11(12,13)10(14)8-7-9-5-3-2-4-6-9/h2-6,10H,14H2,1H3. The minimum absolute atomic E-state index is 0.687. The van der Waals surface area contributed by atoms with Crippen molar-refractivity contribution in [2.45, 2.75) is 18.9 Å². The van der Waals surface area contributed by atoms with Crippen LogP contribution in [0.15, 0.2) is 30.3 Å². The highest BCUT2D eigenvalue weighted by Gasteiger charge is 2.29. The lowest BCUT2D eigenvalue weighted by Crippen LogP contribution is -2.36. The molecule has 0 radical (unpaired) electrons. The molecule has 2 N–H and O–H groups in total. The van der Waals surface area contributed by atoms with Gasteiger partial charge in [-0.05, 0) is 12.1 Å². The molecule has 1 aromatic carbocycles. The molecule has 0 saturated carbocycles. The van der Waals surface area contributed by atoms with E-state index in [4.69, 9.17) is 5.73 Å². The topological polar surface area (TPSA) is 26.0 Å². The van der Waals surface area contributed by atoms with E-state index in [1.54, 1.807) is 24.3 Å². The number of rotatable bonds is 1. The lowest BCUT2D eigenvalue weighted by atomic mass is 10.1. The van der Waals surface area contributed by atoms with Crippen molar-refractivity contribution in [3.8, 4) is 11.8 Å². The fraction of sp³-hybridized carbons (Fsp3) is 0.273. The number of hydrogen-bond donors (Lipinski definition) is 1. The molecule has 1 nitrogen and oxygen atoms in total. The highest BCUT2D eigenvalue weighted by Crippen LogP contribution is 2.14. The zero-order valence-corrected chi connectivity index (χ0v) is 7.80. The van der Waals surface area contributed by atoms with Crippen LogP contribution >= 0.6 is 0 Å². The van der Waals surface area contributed by atoms with Crippen LogP contribution in [-0.4, -0.2) is 12.0 Å². The Bertz CT molecular complexity index is 343. The summed E-state index contributed by atoms with van der Waals surface area (Å²) < 4.78 is 25.2. The highest BCUT2D eigenvalue weighted by molar-refractivity contribution is 5.35. The minimum Gasteiger partial charge on any atom is -0.313 e. The van der Waals surface area contributed by atoms with E-state index in [-0.39, 0.29) is 0 Å². The Balaban J connectivity index is 2.74. The predicted molar refractivity (Wildman–Crippen MR) is 51.9 cm³/mol. The van der Waals surface area contributed by atoms with Crippen molar-refractivity contribution in [3.05, 3.63) is 35.9 Å². The summed E-state index contributed by atoms with van der Waals surface area (Å²) in [7, 11) is 0. The maximum Gasteiger partial charge on any atom is 0.271 e. The van der Waals surface area contributed by atoms with Crippen LogP contribution < -0.4 is 5.73 Å². The lowest BCUT2D eigenvalue weighted by molar-refractivity contribution is 0.0120. The van der Waals surface area contributed by atoms with Crippen LogP contribution in [-0.2, 0) is 0 Å². The summed E-state index contributed by atoms with van der Waals surface area (Å²) in [5.74, 6) is 1.96. The van der Waals surface area contributed by atoms with Gasteiger partial charge in [-0.2, -0.15) is 0 Å². The summed E-state index contributed by atoms with van der Waals surface area (Å²) in [6.45, 7) is 0.761. The summed E-state index contributed by atoms with van der Waals surface area (Å²) in [4.78, 5) is 0. The number of halogens is 2. The summed E-state index contributed by atoms with van der Waals surface area (Å²) >= 11 is 0. The molecular weight excluding hydrogens is 184 g/mol. The van der Waals surface area contributed by atoms with Gasteiger partial charge in [0.05, 0.1) is 0 Å². The van der Waals surface area contributed by atoms with Crippen LogP contribution in [0.25, 0.3) is 0 Å². The summed E-state index contributed by atoms with van der Waals surface area (Å²) in [5, 5.41) is 0. The zero-order chi connectivity index (χ0) is 10.6. The molecule has 0 aliphatic heterocycles. The second-order valence-electron chi connectivity index (χ2n) is 3.07. The van der Waals surface area contributed by atoms with Crippen molar-refractivity contribution in [1.29, 1.82) is 0 Å². The molecule has 0 heterocycles. The lowest BCUT2D eigenvalue weighted by Gasteiger charge is -2.12. The first-order chi connectivity index (χ1) is 6.50. The van der Waals surface area contributed by atoms with E-state index in [0.29, 0.717) is 5.56 Å². The van der Waals surface area contributed by atoms with E-state index in [1.807, 2.05) is 6.07 Å². The van der Waals surface area contributed by atoms with Gasteiger partial charge in [-0.15, -0.1) is 0 Å². The first-order valence-corrected chi connectivity index (χ1v) is 4.20. The van der Waals surface area contributed by atoms with Crippen molar-refractivity contribution in [1.82, 2.24) is 0 Å². The molecule has 1 unspecified atom stereocenters. The average Bonchev–Trinajstić information content (AvgIpc) is 2.14. The van der Waals surface area contributed by atoms with Gasteiger partial charge in [0, 0.05) is 12.5 Å². The molecular formula is C11H11F2N. The van der Waals surface area contributed by atoms with Gasteiger partial charge in [0.2, 0.25) is 0 Å². The molecule has 0 aliphatic carbocycles. The van der Waals surface area contributed by atoms with Crippen LogP contribution in [0.5, 0.6) is 0 Å². The molecule has 0 bridgehead atoms. The second-order valence-corrected chi connectivity index (χ2v) is 3.07. The van der Waals surface area contributed by atoms with E-state index in [0.717, 1.165) is 6.92 Å². The molecule has 1 aromatic rings. The van der Waals surface area contributed by atoms with Crippen LogP contribution in [0.2, 0.25) is 0 Å². The third kappa shape index (κ3) is 3.15. The van der Waals surface area contributed by atoms with Crippen molar-refractivity contribution < 1.29 is 8.78 Å². The van der Waals surface area contributed by atoms with E-state index in [9.17, 15) is 8.78 Å². The Hall–Kier alpha value is -1.40. The molecule has 74 valence electrons. The Morgan fingerprint density at radius 2 is 1.86 bits per heavy atom. The van der Waals surface area contributed by atoms with Crippen LogP contribution in [0.4, 0.5) is 8.78 Å². The predicted octanol–water partition coefficient (Wildman–Crippen LogP) is 2.02. The molecule has 0 spiro atoms. The molecule has 1 atom stereocenters. The van der Waals surface area contributed by atoms with Gasteiger partial charge < -0.3 is 5.73 Å². The summed E-state index contributed by atoms with van der Waals surface area (Å²) in [6, 6.07) is 7.49. The van der Waals surface area contributed by atoms with Crippen molar-refractivity contribution in [3.63, 3.8) is 0 Å². The fourth-order valence-corrected chi connectivity index (χ4v) is 0.809. The SMILES string of the molecule is CC(F)(F)C(N)C#Cc1ccccc1. The summed E-state index contributed by atoms with van der Waals surface area (Å²) in [5.41, 5.74) is 5.86.